The van der Waals surface area contributed by atoms with Crippen LogP contribution in [0.4, 0.5) is 11.6 Å². The van der Waals surface area contributed by atoms with Crippen LogP contribution in [0.2, 0.25) is 0 Å². The fourth-order valence-corrected chi connectivity index (χ4v) is 4.66. The molecule has 1 unspecified atom stereocenters. The third-order valence-corrected chi connectivity index (χ3v) is 7.12. The minimum atomic E-state index is -0.382. The summed E-state index contributed by atoms with van der Waals surface area (Å²) in [6, 6.07) is 13.5. The van der Waals surface area contributed by atoms with E-state index in [1.807, 2.05) is 67.9 Å². The molecular weight excluding hydrogens is 486 g/mol. The van der Waals surface area contributed by atoms with E-state index in [4.69, 9.17) is 5.10 Å². The molecule has 1 atom stereocenters. The van der Waals surface area contributed by atoms with Gasteiger partial charge in [-0.25, -0.2) is 4.68 Å². The van der Waals surface area contributed by atoms with Crippen molar-refractivity contribution in [2.45, 2.75) is 45.3 Å². The first kappa shape index (κ1) is 22.6. The van der Waals surface area contributed by atoms with Gasteiger partial charge in [0.25, 0.3) is 5.91 Å². The molecule has 0 saturated carbocycles. The Kier molecular flexibility index (Phi) is 6.71. The van der Waals surface area contributed by atoms with Gasteiger partial charge < -0.3 is 10.6 Å². The number of amides is 1. The van der Waals surface area contributed by atoms with Crippen molar-refractivity contribution in [3.63, 3.8) is 0 Å². The molecule has 1 aliphatic rings. The van der Waals surface area contributed by atoms with Gasteiger partial charge in [0, 0.05) is 21.6 Å². The summed E-state index contributed by atoms with van der Waals surface area (Å²) in [6.45, 7) is 8.11. The molecule has 0 saturated heterocycles. The number of hydrogen-bond acceptors (Lipinski definition) is 5. The van der Waals surface area contributed by atoms with Crippen molar-refractivity contribution in [3.8, 4) is 0 Å². The number of halogens is 1. The normalized spacial score (nSPS) is 15.3. The van der Waals surface area contributed by atoms with E-state index >= 15 is 0 Å². The molecule has 0 radical (unpaired) electrons. The number of aryl methyl sites for hydroxylation is 1. The number of nitrogens with one attached hydrogen (secondary N) is 2. The van der Waals surface area contributed by atoms with Crippen LogP contribution in [0.1, 0.15) is 43.0 Å². The first-order valence-electron chi connectivity index (χ1n) is 10.6. The van der Waals surface area contributed by atoms with Crippen LogP contribution in [-0.4, -0.2) is 26.4 Å². The van der Waals surface area contributed by atoms with E-state index in [9.17, 15) is 4.79 Å². The molecular formula is C24H26BrN5OS. The molecule has 0 spiro atoms. The first-order chi connectivity index (χ1) is 15.4. The van der Waals surface area contributed by atoms with Crippen molar-refractivity contribution in [3.05, 3.63) is 74.9 Å². The Balaban J connectivity index is 1.76. The van der Waals surface area contributed by atoms with Crippen LogP contribution < -0.4 is 10.6 Å². The summed E-state index contributed by atoms with van der Waals surface area (Å²) < 4.78 is 2.81. The Labute approximate surface area is 201 Å². The summed E-state index contributed by atoms with van der Waals surface area (Å²) in [6.07, 6.45) is 1.04. The Bertz CT molecular complexity index is 1190. The zero-order valence-electron chi connectivity index (χ0n) is 18.6. The van der Waals surface area contributed by atoms with E-state index in [0.29, 0.717) is 16.7 Å². The lowest BCUT2D eigenvalue weighted by Gasteiger charge is -2.29. The standard InChI is InChI=1S/C24H26BrN5OS/c1-5-13-32-24-28-23-26-16(4)20(22(31)27-19-8-6-7-14(2)15(19)3)21(30(23)29-24)17-9-11-18(25)12-10-17/h6-12,21H,5,13H2,1-4H3,(H,27,31)(H,26,28,29). The molecule has 4 rings (SSSR count). The van der Waals surface area contributed by atoms with Crippen molar-refractivity contribution >= 4 is 45.2 Å². The second-order valence-electron chi connectivity index (χ2n) is 7.83. The number of nitrogens with zero attached hydrogens (tertiary/aromatic N) is 3. The predicted octanol–water partition coefficient (Wildman–Crippen LogP) is 6.09. The quantitative estimate of drug-likeness (QED) is 0.392. The van der Waals surface area contributed by atoms with Crippen LogP contribution in [0.3, 0.4) is 0 Å². The van der Waals surface area contributed by atoms with Crippen LogP contribution in [0.15, 0.2) is 63.4 Å². The molecule has 1 amide bonds. The number of carbonyl (C=O) groups excluding carboxylic acids is 1. The molecule has 1 aromatic heterocycles. The number of allylic oxidation sites excluding steroid dienone is 1. The van der Waals surface area contributed by atoms with Crippen LogP contribution >= 0.6 is 27.7 Å². The fraction of sp³-hybridized carbons (Fsp3) is 0.292. The highest BCUT2D eigenvalue weighted by Gasteiger charge is 2.34. The SMILES string of the molecule is CCCSc1nc2n(n1)C(c1ccc(Br)cc1)C(C(=O)Nc1cccc(C)c1C)=C(C)N2. The Morgan fingerprint density at radius 1 is 1.19 bits per heavy atom. The summed E-state index contributed by atoms with van der Waals surface area (Å²) in [5.74, 6) is 1.44. The van der Waals surface area contributed by atoms with Gasteiger partial charge in [-0.2, -0.15) is 4.98 Å². The van der Waals surface area contributed by atoms with Crippen molar-refractivity contribution < 1.29 is 4.79 Å². The maximum Gasteiger partial charge on any atom is 0.255 e. The van der Waals surface area contributed by atoms with E-state index in [-0.39, 0.29) is 11.9 Å². The van der Waals surface area contributed by atoms with Gasteiger partial charge in [-0.05, 0) is 62.1 Å². The molecule has 6 nitrogen and oxygen atoms in total. The van der Waals surface area contributed by atoms with E-state index < -0.39 is 0 Å². The van der Waals surface area contributed by atoms with Gasteiger partial charge in [0.05, 0.1) is 5.57 Å². The molecule has 8 heteroatoms. The number of carbonyl (C=O) groups is 1. The summed E-state index contributed by atoms with van der Waals surface area (Å²) in [4.78, 5) is 18.3. The van der Waals surface area contributed by atoms with Gasteiger partial charge in [0.15, 0.2) is 0 Å². The molecule has 166 valence electrons. The van der Waals surface area contributed by atoms with Gasteiger partial charge in [0.1, 0.15) is 6.04 Å². The lowest BCUT2D eigenvalue weighted by atomic mass is 9.95. The van der Waals surface area contributed by atoms with E-state index in [2.05, 4.69) is 38.5 Å². The summed E-state index contributed by atoms with van der Waals surface area (Å²) in [5.41, 5.74) is 5.37. The minimum absolute atomic E-state index is 0.152. The summed E-state index contributed by atoms with van der Waals surface area (Å²) in [5, 5.41) is 11.9. The molecule has 3 aromatic rings. The maximum absolute atomic E-state index is 13.6. The van der Waals surface area contributed by atoms with Gasteiger partial charge in [0.2, 0.25) is 11.1 Å². The lowest BCUT2D eigenvalue weighted by molar-refractivity contribution is -0.113. The monoisotopic (exact) mass is 511 g/mol. The molecule has 1 aliphatic heterocycles. The maximum atomic E-state index is 13.6. The Hall–Kier alpha value is -2.58. The fourth-order valence-electron chi connectivity index (χ4n) is 3.71. The van der Waals surface area contributed by atoms with E-state index in [0.717, 1.165) is 44.7 Å². The van der Waals surface area contributed by atoms with Gasteiger partial charge in [-0.3, -0.25) is 4.79 Å². The third kappa shape index (κ3) is 4.47. The van der Waals surface area contributed by atoms with Gasteiger partial charge in [-0.15, -0.1) is 5.10 Å². The van der Waals surface area contributed by atoms with Crippen LogP contribution in [-0.2, 0) is 4.79 Å². The highest BCUT2D eigenvalue weighted by Crippen LogP contribution is 2.37. The number of thioether (sulfide) groups is 1. The van der Waals surface area contributed by atoms with Gasteiger partial charge >= 0.3 is 0 Å². The summed E-state index contributed by atoms with van der Waals surface area (Å²) >= 11 is 5.13. The molecule has 2 aromatic carbocycles. The molecule has 0 fully saturated rings. The Morgan fingerprint density at radius 3 is 2.66 bits per heavy atom. The average molecular weight is 512 g/mol. The first-order valence-corrected chi connectivity index (χ1v) is 12.4. The zero-order valence-corrected chi connectivity index (χ0v) is 21.0. The van der Waals surface area contributed by atoms with Crippen molar-refractivity contribution in [2.75, 3.05) is 16.4 Å². The molecule has 0 bridgehead atoms. The number of benzene rings is 2. The molecule has 2 N–H and O–H groups in total. The van der Waals surface area contributed by atoms with E-state index in [1.54, 1.807) is 11.8 Å². The zero-order chi connectivity index (χ0) is 22.8. The Morgan fingerprint density at radius 2 is 1.94 bits per heavy atom. The van der Waals surface area contributed by atoms with Crippen LogP contribution in [0, 0.1) is 13.8 Å². The molecule has 32 heavy (non-hydrogen) atoms. The molecule has 0 aliphatic carbocycles. The number of anilines is 2. The van der Waals surface area contributed by atoms with Crippen LogP contribution in [0.25, 0.3) is 0 Å². The van der Waals surface area contributed by atoms with E-state index in [1.165, 1.54) is 0 Å². The number of rotatable bonds is 6. The van der Waals surface area contributed by atoms with Crippen molar-refractivity contribution in [1.29, 1.82) is 0 Å². The smallest absolute Gasteiger partial charge is 0.255 e. The third-order valence-electron chi connectivity index (χ3n) is 5.55. The van der Waals surface area contributed by atoms with Crippen molar-refractivity contribution in [1.82, 2.24) is 14.8 Å². The largest absolute Gasteiger partial charge is 0.328 e. The highest BCUT2D eigenvalue weighted by atomic mass is 79.9. The summed E-state index contributed by atoms with van der Waals surface area (Å²) in [7, 11) is 0. The number of hydrogen-bond donors (Lipinski definition) is 2. The minimum Gasteiger partial charge on any atom is -0.328 e. The second-order valence-corrected chi connectivity index (χ2v) is 9.81. The number of fused-ring (bicyclic) bond motifs is 1. The average Bonchev–Trinajstić information content (AvgIpc) is 3.17. The topological polar surface area (TPSA) is 71.8 Å². The highest BCUT2D eigenvalue weighted by molar-refractivity contribution is 9.10. The van der Waals surface area contributed by atoms with Gasteiger partial charge in [-0.1, -0.05) is 58.9 Å². The van der Waals surface area contributed by atoms with Crippen molar-refractivity contribution in [2.24, 2.45) is 0 Å². The number of aromatic nitrogens is 3. The van der Waals surface area contributed by atoms with Crippen LogP contribution in [0.5, 0.6) is 0 Å². The molecule has 2 heterocycles. The second kappa shape index (κ2) is 9.50. The predicted molar refractivity (Wildman–Crippen MR) is 134 cm³/mol. The lowest BCUT2D eigenvalue weighted by Crippen LogP contribution is -2.31.